The standard InChI is InChI=1S/C30H30F2N8O5/c1-37(2)25(41)17-39-16-23(35-28(42)22-15-34-40-13-5-12-33-27(22)40)26(36-39)21-14-20(10-11-24(21)45-30(31)32)44-19-8-6-18(7-9-19)29(43)38(3)4/h5-16,29-30,43H,17H2,1-4H3,(H,35,42). The number of nitrogens with zero attached hydrogens (tertiary/aromatic N) is 7. The van der Waals surface area contributed by atoms with Crippen molar-refractivity contribution in [2.24, 2.45) is 0 Å². The summed E-state index contributed by atoms with van der Waals surface area (Å²) in [4.78, 5) is 33.1. The van der Waals surface area contributed by atoms with Crippen LogP contribution in [-0.4, -0.2) is 85.9 Å². The van der Waals surface area contributed by atoms with Crippen molar-refractivity contribution in [3.63, 3.8) is 0 Å². The highest BCUT2D eigenvalue weighted by atomic mass is 19.3. The van der Waals surface area contributed by atoms with Gasteiger partial charge >= 0.3 is 6.61 Å². The van der Waals surface area contributed by atoms with Crippen molar-refractivity contribution in [1.29, 1.82) is 0 Å². The molecule has 0 aliphatic heterocycles. The predicted molar refractivity (Wildman–Crippen MR) is 159 cm³/mol. The fourth-order valence-electron chi connectivity index (χ4n) is 4.35. The van der Waals surface area contributed by atoms with Gasteiger partial charge in [0.25, 0.3) is 5.91 Å². The third kappa shape index (κ3) is 7.05. The molecule has 2 amide bonds. The molecule has 0 bridgehead atoms. The van der Waals surface area contributed by atoms with Crippen LogP contribution >= 0.6 is 0 Å². The highest BCUT2D eigenvalue weighted by molar-refractivity contribution is 6.09. The molecule has 13 nitrogen and oxygen atoms in total. The van der Waals surface area contributed by atoms with Gasteiger partial charge in [0.1, 0.15) is 41.3 Å². The minimum atomic E-state index is -3.16. The summed E-state index contributed by atoms with van der Waals surface area (Å²) in [5.41, 5.74) is 1.32. The number of alkyl halides is 2. The lowest BCUT2D eigenvalue weighted by molar-refractivity contribution is -0.129. The first-order chi connectivity index (χ1) is 21.5. The number of carbonyl (C=O) groups is 2. The molecular formula is C30H30F2N8O5. The molecule has 5 aromatic rings. The van der Waals surface area contributed by atoms with Crippen molar-refractivity contribution in [3.05, 3.63) is 84.4 Å². The van der Waals surface area contributed by atoms with Crippen molar-refractivity contribution in [2.45, 2.75) is 19.4 Å². The van der Waals surface area contributed by atoms with Crippen LogP contribution < -0.4 is 14.8 Å². The van der Waals surface area contributed by atoms with E-state index in [1.165, 1.54) is 50.9 Å². The third-order valence-corrected chi connectivity index (χ3v) is 6.66. The summed E-state index contributed by atoms with van der Waals surface area (Å²) in [5, 5.41) is 21.6. The number of hydrogen-bond donors (Lipinski definition) is 2. The van der Waals surface area contributed by atoms with Crippen LogP contribution in [-0.2, 0) is 11.3 Å². The van der Waals surface area contributed by atoms with E-state index in [0.29, 0.717) is 17.0 Å². The Morgan fingerprint density at radius 1 is 1.07 bits per heavy atom. The van der Waals surface area contributed by atoms with Gasteiger partial charge in [0.15, 0.2) is 5.65 Å². The minimum Gasteiger partial charge on any atom is -0.457 e. The quantitative estimate of drug-likeness (QED) is 0.211. The SMILES string of the molecule is CN(C)C(=O)Cn1cc(NC(=O)c2cnn3cccnc23)c(-c2cc(Oc3ccc(C(O)N(C)C)cc3)ccc2OC(F)F)n1. The van der Waals surface area contributed by atoms with Crippen LogP contribution in [0.1, 0.15) is 22.1 Å². The number of fused-ring (bicyclic) bond motifs is 1. The van der Waals surface area contributed by atoms with E-state index < -0.39 is 18.7 Å². The van der Waals surface area contributed by atoms with Crippen LogP contribution in [0.2, 0.25) is 0 Å². The maximum atomic E-state index is 13.5. The Hall–Kier alpha value is -5.41. The smallest absolute Gasteiger partial charge is 0.387 e. The molecule has 2 N–H and O–H groups in total. The molecule has 5 rings (SSSR count). The Balaban J connectivity index is 1.53. The maximum Gasteiger partial charge on any atom is 0.387 e. The van der Waals surface area contributed by atoms with Crippen LogP contribution in [0, 0.1) is 0 Å². The average Bonchev–Trinajstić information content (AvgIpc) is 3.61. The predicted octanol–water partition coefficient (Wildman–Crippen LogP) is 3.88. The van der Waals surface area contributed by atoms with Gasteiger partial charge in [-0.15, -0.1) is 0 Å². The van der Waals surface area contributed by atoms with Gasteiger partial charge in [-0.3, -0.25) is 19.2 Å². The van der Waals surface area contributed by atoms with E-state index in [1.54, 1.807) is 69.6 Å². The highest BCUT2D eigenvalue weighted by Gasteiger charge is 2.23. The summed E-state index contributed by atoms with van der Waals surface area (Å²) in [7, 11) is 6.64. The number of likely N-dealkylation sites (N-methyl/N-ethyl adjacent to an activating group) is 1. The molecular weight excluding hydrogens is 590 g/mol. The molecule has 0 spiro atoms. The highest BCUT2D eigenvalue weighted by Crippen LogP contribution is 2.39. The molecule has 1 atom stereocenters. The second kappa shape index (κ2) is 13.1. The molecule has 3 heterocycles. The number of anilines is 1. The molecule has 0 radical (unpaired) electrons. The second-order valence-electron chi connectivity index (χ2n) is 10.3. The van der Waals surface area contributed by atoms with Crippen LogP contribution in [0.4, 0.5) is 14.5 Å². The number of nitrogens with one attached hydrogen (secondary N) is 1. The molecule has 0 fully saturated rings. The first-order valence-corrected chi connectivity index (χ1v) is 13.6. The number of hydrogen-bond acceptors (Lipinski definition) is 9. The van der Waals surface area contributed by atoms with E-state index in [4.69, 9.17) is 9.47 Å². The lowest BCUT2D eigenvalue weighted by Gasteiger charge is -2.19. The largest absolute Gasteiger partial charge is 0.457 e. The first kappa shape index (κ1) is 31.0. The lowest BCUT2D eigenvalue weighted by atomic mass is 10.1. The average molecular weight is 621 g/mol. The van der Waals surface area contributed by atoms with E-state index in [-0.39, 0.29) is 46.5 Å². The molecule has 0 aliphatic rings. The number of aliphatic hydroxyl groups excluding tert-OH is 1. The number of carbonyl (C=O) groups excluding carboxylic acids is 2. The second-order valence-corrected chi connectivity index (χ2v) is 10.3. The Kier molecular flexibility index (Phi) is 9.01. The summed E-state index contributed by atoms with van der Waals surface area (Å²) in [6, 6.07) is 12.5. The van der Waals surface area contributed by atoms with Gasteiger partial charge in [-0.1, -0.05) is 12.1 Å². The van der Waals surface area contributed by atoms with E-state index in [2.05, 4.69) is 20.5 Å². The van der Waals surface area contributed by atoms with Gasteiger partial charge in [0.05, 0.1) is 17.4 Å². The van der Waals surface area contributed by atoms with Gasteiger partial charge in [-0.2, -0.15) is 19.0 Å². The van der Waals surface area contributed by atoms with Crippen LogP contribution in [0.3, 0.4) is 0 Å². The first-order valence-electron chi connectivity index (χ1n) is 13.6. The Morgan fingerprint density at radius 2 is 1.80 bits per heavy atom. The van der Waals surface area contributed by atoms with Crippen LogP contribution in [0.15, 0.2) is 73.3 Å². The zero-order valence-electron chi connectivity index (χ0n) is 24.8. The van der Waals surface area contributed by atoms with E-state index >= 15 is 0 Å². The van der Waals surface area contributed by atoms with Crippen molar-refractivity contribution >= 4 is 23.1 Å². The van der Waals surface area contributed by atoms with E-state index in [1.807, 2.05) is 0 Å². The van der Waals surface area contributed by atoms with Crippen molar-refractivity contribution in [3.8, 4) is 28.5 Å². The molecule has 3 aromatic heterocycles. The molecule has 234 valence electrons. The Bertz CT molecular complexity index is 1820. The summed E-state index contributed by atoms with van der Waals surface area (Å²) in [6.07, 6.45) is 5.10. The Morgan fingerprint density at radius 3 is 2.49 bits per heavy atom. The number of aromatic nitrogens is 5. The zero-order chi connectivity index (χ0) is 32.2. The monoisotopic (exact) mass is 620 g/mol. The van der Waals surface area contributed by atoms with Crippen LogP contribution in [0.5, 0.6) is 17.2 Å². The molecule has 0 saturated heterocycles. The van der Waals surface area contributed by atoms with E-state index in [9.17, 15) is 23.5 Å². The molecule has 15 heteroatoms. The third-order valence-electron chi connectivity index (χ3n) is 6.66. The lowest BCUT2D eigenvalue weighted by Crippen LogP contribution is -2.26. The molecule has 0 aliphatic carbocycles. The molecule has 0 saturated carbocycles. The topological polar surface area (TPSA) is 139 Å². The maximum absolute atomic E-state index is 13.5. The van der Waals surface area contributed by atoms with Gasteiger partial charge < -0.3 is 24.8 Å². The van der Waals surface area contributed by atoms with Crippen molar-refractivity contribution in [1.82, 2.24) is 34.2 Å². The fraction of sp³-hybridized carbons (Fsp3) is 0.233. The molecule has 45 heavy (non-hydrogen) atoms. The summed E-state index contributed by atoms with van der Waals surface area (Å²) in [5.74, 6) is -0.464. The Labute approximate surface area is 256 Å². The number of ether oxygens (including phenoxy) is 2. The number of amides is 2. The van der Waals surface area contributed by atoms with Crippen molar-refractivity contribution < 1.29 is 33.0 Å². The number of rotatable bonds is 11. The number of benzene rings is 2. The normalized spacial score (nSPS) is 12.0. The van der Waals surface area contributed by atoms with Gasteiger partial charge in [-0.25, -0.2) is 9.50 Å². The summed E-state index contributed by atoms with van der Waals surface area (Å²) >= 11 is 0. The van der Waals surface area contributed by atoms with Gasteiger partial charge in [-0.05, 0) is 56.1 Å². The number of aliphatic hydroxyl groups is 1. The van der Waals surface area contributed by atoms with Crippen molar-refractivity contribution in [2.75, 3.05) is 33.5 Å². The zero-order valence-corrected chi connectivity index (χ0v) is 24.8. The molecule has 1 unspecified atom stereocenters. The van der Waals surface area contributed by atoms with Crippen LogP contribution in [0.25, 0.3) is 16.9 Å². The number of halogens is 2. The minimum absolute atomic E-state index is 0.0462. The van der Waals surface area contributed by atoms with Gasteiger partial charge in [0, 0.05) is 32.7 Å². The fourth-order valence-corrected chi connectivity index (χ4v) is 4.35. The molecule has 2 aromatic carbocycles. The summed E-state index contributed by atoms with van der Waals surface area (Å²) < 4.78 is 40.5. The summed E-state index contributed by atoms with van der Waals surface area (Å²) in [6.45, 7) is -3.35. The van der Waals surface area contributed by atoms with E-state index in [0.717, 1.165) is 0 Å². The van der Waals surface area contributed by atoms with Gasteiger partial charge in [0.2, 0.25) is 5.91 Å².